The number of imidazole rings is 1. The van der Waals surface area contributed by atoms with E-state index in [1.54, 1.807) is 32.4 Å². The van der Waals surface area contributed by atoms with E-state index < -0.39 is 42.2 Å². The summed E-state index contributed by atoms with van der Waals surface area (Å²) in [7, 11) is 1.69. The van der Waals surface area contributed by atoms with Gasteiger partial charge in [0.1, 0.15) is 11.6 Å². The molecule has 5 heterocycles. The molecule has 14 heteroatoms. The highest BCUT2D eigenvalue weighted by molar-refractivity contribution is 6.00. The van der Waals surface area contributed by atoms with Crippen molar-refractivity contribution in [3.8, 4) is 0 Å². The number of benzene rings is 1. The molecule has 246 valence electrons. The van der Waals surface area contributed by atoms with E-state index in [1.165, 1.54) is 4.57 Å². The van der Waals surface area contributed by atoms with E-state index in [1.807, 2.05) is 23.1 Å². The molecule has 3 amide bonds. The molecule has 4 saturated heterocycles. The molecule has 2 aromatic rings. The van der Waals surface area contributed by atoms with Crippen LogP contribution in [0.5, 0.6) is 0 Å². The zero-order valence-electron chi connectivity index (χ0n) is 26.4. The SMILES string of the molecule is Cn1c(=O)n(C2CCC(=O)NC2=O)c2ccc(N3CCN(CC4CN(C5CCN(C(=O)OC(C)(C)C)CC5(F)F)C4)CC3)cc21. The lowest BCUT2D eigenvalue weighted by Gasteiger charge is -2.51. The van der Waals surface area contributed by atoms with Crippen molar-refractivity contribution in [2.75, 3.05) is 63.8 Å². The van der Waals surface area contributed by atoms with Gasteiger partial charge in [0.25, 0.3) is 5.92 Å². The van der Waals surface area contributed by atoms with Crippen LogP contribution in [-0.2, 0) is 21.4 Å². The van der Waals surface area contributed by atoms with Gasteiger partial charge in [0.2, 0.25) is 11.8 Å². The van der Waals surface area contributed by atoms with E-state index in [9.17, 15) is 19.2 Å². The number of piperazine rings is 1. The van der Waals surface area contributed by atoms with Gasteiger partial charge < -0.3 is 14.5 Å². The molecule has 2 unspecified atom stereocenters. The molecule has 1 N–H and O–H groups in total. The van der Waals surface area contributed by atoms with E-state index in [0.717, 1.165) is 48.8 Å². The molecule has 0 bridgehead atoms. The van der Waals surface area contributed by atoms with Crippen LogP contribution in [0.4, 0.5) is 19.3 Å². The van der Waals surface area contributed by atoms with Crippen LogP contribution in [0.15, 0.2) is 23.0 Å². The van der Waals surface area contributed by atoms with Gasteiger partial charge in [0, 0.05) is 71.5 Å². The number of aryl methyl sites for hydroxylation is 1. The molecule has 1 aromatic heterocycles. The highest BCUT2D eigenvalue weighted by Gasteiger charge is 2.51. The summed E-state index contributed by atoms with van der Waals surface area (Å²) in [6.07, 6.45) is 0.0324. The number of ether oxygens (including phenoxy) is 1. The minimum absolute atomic E-state index is 0.197. The molecule has 45 heavy (non-hydrogen) atoms. The third kappa shape index (κ3) is 6.31. The van der Waals surface area contributed by atoms with Gasteiger partial charge in [0.15, 0.2) is 0 Å². The number of anilines is 1. The number of carbonyl (C=O) groups is 3. The number of halogens is 2. The van der Waals surface area contributed by atoms with Crippen LogP contribution in [0.3, 0.4) is 0 Å². The Bertz CT molecular complexity index is 1530. The fraction of sp³-hybridized carbons (Fsp3) is 0.677. The molecule has 0 radical (unpaired) electrons. The Hall–Kier alpha value is -3.52. The summed E-state index contributed by atoms with van der Waals surface area (Å²) in [6, 6.07) is 4.25. The number of hydrogen-bond acceptors (Lipinski definition) is 8. The summed E-state index contributed by atoms with van der Waals surface area (Å²) in [5.41, 5.74) is 1.37. The highest BCUT2D eigenvalue weighted by Crippen LogP contribution is 2.36. The first kappa shape index (κ1) is 31.5. The van der Waals surface area contributed by atoms with Gasteiger partial charge >= 0.3 is 11.8 Å². The summed E-state index contributed by atoms with van der Waals surface area (Å²) >= 11 is 0. The average molecular weight is 632 g/mol. The van der Waals surface area contributed by atoms with Crippen molar-refractivity contribution in [2.45, 2.75) is 63.6 Å². The van der Waals surface area contributed by atoms with Crippen molar-refractivity contribution in [1.82, 2.24) is 29.2 Å². The van der Waals surface area contributed by atoms with Crippen molar-refractivity contribution in [2.24, 2.45) is 13.0 Å². The molecular formula is C31H43F2N7O5. The molecular weight excluding hydrogens is 588 g/mol. The molecule has 4 fully saturated rings. The molecule has 4 aliphatic rings. The van der Waals surface area contributed by atoms with Crippen molar-refractivity contribution in [1.29, 1.82) is 0 Å². The Kier molecular flexibility index (Phi) is 8.17. The number of imide groups is 1. The predicted octanol–water partition coefficient (Wildman–Crippen LogP) is 2.02. The number of nitrogens with zero attached hydrogens (tertiary/aromatic N) is 6. The molecule has 0 aliphatic carbocycles. The second-order valence-corrected chi connectivity index (χ2v) is 13.9. The number of aromatic nitrogens is 2. The van der Waals surface area contributed by atoms with Crippen LogP contribution < -0.4 is 15.9 Å². The van der Waals surface area contributed by atoms with Gasteiger partial charge in [-0.25, -0.2) is 18.4 Å². The smallest absolute Gasteiger partial charge is 0.410 e. The molecule has 12 nitrogen and oxygen atoms in total. The van der Waals surface area contributed by atoms with Crippen molar-refractivity contribution in [3.63, 3.8) is 0 Å². The maximum atomic E-state index is 15.1. The number of alkyl halides is 2. The van der Waals surface area contributed by atoms with E-state index in [4.69, 9.17) is 4.74 Å². The number of piperidine rings is 2. The summed E-state index contributed by atoms with van der Waals surface area (Å²) in [5.74, 6) is -3.43. The highest BCUT2D eigenvalue weighted by atomic mass is 19.3. The Balaban J connectivity index is 1.00. The van der Waals surface area contributed by atoms with Crippen LogP contribution in [0.1, 0.15) is 46.1 Å². The third-order valence-corrected chi connectivity index (χ3v) is 9.49. The molecule has 2 atom stereocenters. The van der Waals surface area contributed by atoms with Gasteiger partial charge in [-0.1, -0.05) is 0 Å². The summed E-state index contributed by atoms with van der Waals surface area (Å²) in [6.45, 7) is 10.2. The zero-order chi connectivity index (χ0) is 32.3. The van der Waals surface area contributed by atoms with Gasteiger partial charge in [-0.05, 0) is 57.7 Å². The fourth-order valence-electron chi connectivity index (χ4n) is 7.17. The number of rotatable bonds is 5. The van der Waals surface area contributed by atoms with Gasteiger partial charge in [-0.15, -0.1) is 0 Å². The lowest BCUT2D eigenvalue weighted by atomic mass is 9.90. The van der Waals surface area contributed by atoms with Crippen LogP contribution >= 0.6 is 0 Å². The number of carbonyl (C=O) groups excluding carboxylic acids is 3. The van der Waals surface area contributed by atoms with Crippen molar-refractivity contribution < 1.29 is 27.9 Å². The lowest BCUT2D eigenvalue weighted by molar-refractivity contribution is -0.148. The summed E-state index contributed by atoms with van der Waals surface area (Å²) < 4.78 is 38.5. The third-order valence-electron chi connectivity index (χ3n) is 9.49. The Labute approximate surface area is 260 Å². The lowest BCUT2D eigenvalue weighted by Crippen LogP contribution is -2.65. The quantitative estimate of drug-likeness (QED) is 0.499. The zero-order valence-corrected chi connectivity index (χ0v) is 26.4. The standard InChI is InChI=1S/C31H43F2N7O5/c1-30(2,3)45-29(44)38-10-9-25(31(32,33)19-38)39-17-20(18-39)16-36-11-13-37(14-12-36)21-5-6-22-24(15-21)35(4)28(43)40(22)23-7-8-26(41)34-27(23)42/h5-6,15,20,23,25H,7-14,16-19H2,1-4H3,(H,34,41,42). The maximum Gasteiger partial charge on any atom is 0.410 e. The van der Waals surface area contributed by atoms with E-state index in [0.29, 0.717) is 30.9 Å². The molecule has 0 saturated carbocycles. The van der Waals surface area contributed by atoms with Gasteiger partial charge in [-0.3, -0.25) is 33.8 Å². The Morgan fingerprint density at radius 2 is 1.73 bits per heavy atom. The number of hydrogen-bond donors (Lipinski definition) is 1. The minimum atomic E-state index is -2.99. The number of fused-ring (bicyclic) bond motifs is 1. The first-order valence-electron chi connectivity index (χ1n) is 15.8. The number of likely N-dealkylation sites (tertiary alicyclic amines) is 2. The molecule has 6 rings (SSSR count). The van der Waals surface area contributed by atoms with E-state index in [2.05, 4.69) is 15.1 Å². The first-order valence-corrected chi connectivity index (χ1v) is 15.8. The maximum absolute atomic E-state index is 15.1. The molecule has 1 aromatic carbocycles. The number of nitrogens with one attached hydrogen (secondary N) is 1. The first-order chi connectivity index (χ1) is 21.2. The second kappa shape index (κ2) is 11.7. The normalized spacial score (nSPS) is 25.4. The predicted molar refractivity (Wildman–Crippen MR) is 163 cm³/mol. The monoisotopic (exact) mass is 631 g/mol. The van der Waals surface area contributed by atoms with Gasteiger partial charge in [-0.2, -0.15) is 0 Å². The van der Waals surface area contributed by atoms with Gasteiger partial charge in [0.05, 0.1) is 23.6 Å². The van der Waals surface area contributed by atoms with Crippen LogP contribution in [0.25, 0.3) is 11.0 Å². The van der Waals surface area contributed by atoms with Crippen LogP contribution in [-0.4, -0.2) is 118 Å². The Morgan fingerprint density at radius 3 is 2.38 bits per heavy atom. The van der Waals surface area contributed by atoms with E-state index in [-0.39, 0.29) is 31.0 Å². The number of amides is 3. The van der Waals surface area contributed by atoms with E-state index >= 15 is 8.78 Å². The summed E-state index contributed by atoms with van der Waals surface area (Å²) in [5, 5.41) is 2.34. The summed E-state index contributed by atoms with van der Waals surface area (Å²) in [4.78, 5) is 57.2. The average Bonchev–Trinajstić information content (AvgIpc) is 3.19. The topological polar surface area (TPSA) is 112 Å². The second-order valence-electron chi connectivity index (χ2n) is 13.9. The van der Waals surface area contributed by atoms with Crippen LogP contribution in [0.2, 0.25) is 0 Å². The van der Waals surface area contributed by atoms with Crippen molar-refractivity contribution >= 4 is 34.6 Å². The molecule has 0 spiro atoms. The fourth-order valence-corrected chi connectivity index (χ4v) is 7.17. The Morgan fingerprint density at radius 1 is 1.02 bits per heavy atom. The molecule has 4 aliphatic heterocycles. The minimum Gasteiger partial charge on any atom is -0.444 e. The largest absolute Gasteiger partial charge is 0.444 e. The van der Waals surface area contributed by atoms with Crippen molar-refractivity contribution in [3.05, 3.63) is 28.7 Å². The van der Waals surface area contributed by atoms with Crippen LogP contribution in [0, 0.1) is 5.92 Å².